The SMILES string of the molecule is COc1ccccc1NC(=O)C1=C(C)Nc2nc(-c3cccc(C)c3)nn2[C@@H]1c1ccncc1. The summed E-state index contributed by atoms with van der Waals surface area (Å²) in [6.45, 7) is 3.90. The van der Waals surface area contributed by atoms with Gasteiger partial charge in [0.05, 0.1) is 18.4 Å². The smallest absolute Gasteiger partial charge is 0.255 e. The van der Waals surface area contributed by atoms with Crippen molar-refractivity contribution in [3.63, 3.8) is 0 Å². The number of nitrogens with zero attached hydrogens (tertiary/aromatic N) is 4. The largest absolute Gasteiger partial charge is 0.495 e. The van der Waals surface area contributed by atoms with Crippen LogP contribution in [0.2, 0.25) is 0 Å². The van der Waals surface area contributed by atoms with Crippen molar-refractivity contribution in [3.05, 3.63) is 95.5 Å². The van der Waals surface area contributed by atoms with Crippen LogP contribution >= 0.6 is 0 Å². The Morgan fingerprint density at radius 2 is 1.85 bits per heavy atom. The number of para-hydroxylation sites is 2. The number of ether oxygens (including phenoxy) is 1. The predicted octanol–water partition coefficient (Wildman–Crippen LogP) is 4.58. The number of rotatable bonds is 5. The van der Waals surface area contributed by atoms with E-state index in [2.05, 4.69) is 15.6 Å². The summed E-state index contributed by atoms with van der Waals surface area (Å²) in [4.78, 5) is 22.5. The number of carbonyl (C=O) groups is 1. The van der Waals surface area contributed by atoms with E-state index >= 15 is 0 Å². The highest BCUT2D eigenvalue weighted by Crippen LogP contribution is 2.37. The molecule has 8 nitrogen and oxygen atoms in total. The van der Waals surface area contributed by atoms with Gasteiger partial charge in [-0.15, -0.1) is 5.10 Å². The predicted molar refractivity (Wildman–Crippen MR) is 131 cm³/mol. The van der Waals surface area contributed by atoms with Gasteiger partial charge >= 0.3 is 0 Å². The third-order valence-electron chi connectivity index (χ3n) is 5.75. The molecule has 5 rings (SSSR count). The number of carbonyl (C=O) groups excluding carboxylic acids is 1. The third kappa shape index (κ3) is 3.90. The lowest BCUT2D eigenvalue weighted by molar-refractivity contribution is -0.113. The molecule has 0 fully saturated rings. The Morgan fingerprint density at radius 1 is 1.06 bits per heavy atom. The maximum absolute atomic E-state index is 13.6. The van der Waals surface area contributed by atoms with Crippen molar-refractivity contribution in [3.8, 4) is 17.1 Å². The highest BCUT2D eigenvalue weighted by molar-refractivity contribution is 6.06. The molecule has 170 valence electrons. The molecule has 34 heavy (non-hydrogen) atoms. The van der Waals surface area contributed by atoms with Gasteiger partial charge in [0.25, 0.3) is 5.91 Å². The summed E-state index contributed by atoms with van der Waals surface area (Å²) >= 11 is 0. The molecular weight excluding hydrogens is 428 g/mol. The number of methoxy groups -OCH3 is 1. The van der Waals surface area contributed by atoms with Crippen molar-refractivity contribution in [1.29, 1.82) is 0 Å². The number of hydrogen-bond acceptors (Lipinski definition) is 6. The normalized spacial score (nSPS) is 14.9. The maximum atomic E-state index is 13.6. The second-order valence-electron chi connectivity index (χ2n) is 8.07. The lowest BCUT2D eigenvalue weighted by atomic mass is 9.96. The molecule has 0 bridgehead atoms. The lowest BCUT2D eigenvalue weighted by Crippen LogP contribution is -2.31. The molecule has 0 aliphatic carbocycles. The number of allylic oxidation sites excluding steroid dienone is 1. The molecule has 3 heterocycles. The molecule has 0 radical (unpaired) electrons. The minimum atomic E-state index is -0.486. The van der Waals surface area contributed by atoms with E-state index in [1.165, 1.54) is 0 Å². The Bertz CT molecular complexity index is 1390. The first-order valence-electron chi connectivity index (χ1n) is 10.9. The van der Waals surface area contributed by atoms with Crippen molar-refractivity contribution in [1.82, 2.24) is 19.7 Å². The van der Waals surface area contributed by atoms with Gasteiger partial charge in [-0.05, 0) is 49.7 Å². The van der Waals surface area contributed by atoms with E-state index in [1.807, 2.05) is 62.4 Å². The fraction of sp³-hybridized carbons (Fsp3) is 0.154. The summed E-state index contributed by atoms with van der Waals surface area (Å²) in [5.74, 6) is 1.49. The minimum absolute atomic E-state index is 0.255. The Labute approximate surface area is 197 Å². The zero-order valence-corrected chi connectivity index (χ0v) is 19.1. The number of benzene rings is 2. The second kappa shape index (κ2) is 8.82. The molecule has 0 unspecified atom stereocenters. The molecule has 1 atom stereocenters. The van der Waals surface area contributed by atoms with Crippen LogP contribution in [0, 0.1) is 6.92 Å². The topological polar surface area (TPSA) is 94.0 Å². The molecule has 0 spiro atoms. The summed E-state index contributed by atoms with van der Waals surface area (Å²) in [5.41, 5.74) is 4.73. The molecular formula is C26H24N6O2. The molecule has 8 heteroatoms. The van der Waals surface area contributed by atoms with Crippen LogP contribution in [0.15, 0.2) is 84.3 Å². The quantitative estimate of drug-likeness (QED) is 0.460. The fourth-order valence-electron chi connectivity index (χ4n) is 4.14. The van der Waals surface area contributed by atoms with Crippen LogP contribution in [0.1, 0.15) is 24.1 Å². The van der Waals surface area contributed by atoms with Crippen molar-refractivity contribution in [2.75, 3.05) is 17.7 Å². The van der Waals surface area contributed by atoms with Crippen LogP contribution in [-0.2, 0) is 4.79 Å². The van der Waals surface area contributed by atoms with E-state index in [0.717, 1.165) is 16.7 Å². The summed E-state index contributed by atoms with van der Waals surface area (Å²) < 4.78 is 7.17. The molecule has 1 amide bonds. The van der Waals surface area contributed by atoms with E-state index in [1.54, 1.807) is 36.3 Å². The van der Waals surface area contributed by atoms with Crippen molar-refractivity contribution in [2.45, 2.75) is 19.9 Å². The Morgan fingerprint density at radius 3 is 2.62 bits per heavy atom. The molecule has 2 N–H and O–H groups in total. The van der Waals surface area contributed by atoms with Gasteiger partial charge in [-0.2, -0.15) is 4.98 Å². The zero-order valence-electron chi connectivity index (χ0n) is 19.1. The van der Waals surface area contributed by atoms with Gasteiger partial charge in [0.1, 0.15) is 11.8 Å². The summed E-state index contributed by atoms with van der Waals surface area (Å²) in [5, 5.41) is 11.1. The van der Waals surface area contributed by atoms with Crippen LogP contribution in [0.3, 0.4) is 0 Å². The van der Waals surface area contributed by atoms with E-state index in [0.29, 0.717) is 34.5 Å². The lowest BCUT2D eigenvalue weighted by Gasteiger charge is -2.28. The van der Waals surface area contributed by atoms with E-state index in [-0.39, 0.29) is 5.91 Å². The van der Waals surface area contributed by atoms with Crippen LogP contribution in [0.5, 0.6) is 5.75 Å². The Balaban J connectivity index is 1.59. The minimum Gasteiger partial charge on any atom is -0.495 e. The first-order chi connectivity index (χ1) is 16.5. The number of anilines is 2. The highest BCUT2D eigenvalue weighted by atomic mass is 16.5. The first kappa shape index (κ1) is 21.4. The van der Waals surface area contributed by atoms with Gasteiger partial charge in [0.2, 0.25) is 5.95 Å². The standard InChI is InChI=1S/C26H24N6O2/c1-16-7-6-8-19(15-16)24-30-26-28-17(2)22(23(32(26)31-24)18-11-13-27-14-12-18)25(33)29-20-9-4-5-10-21(20)34-3/h4-15,23H,1-3H3,(H,29,33)(H,28,30,31)/t23-/m1/s1. The van der Waals surface area contributed by atoms with E-state index in [4.69, 9.17) is 14.8 Å². The number of pyridine rings is 1. The van der Waals surface area contributed by atoms with Gasteiger partial charge < -0.3 is 15.4 Å². The van der Waals surface area contributed by atoms with Crippen molar-refractivity contribution < 1.29 is 9.53 Å². The number of fused-ring (bicyclic) bond motifs is 1. The second-order valence-corrected chi connectivity index (χ2v) is 8.07. The number of aromatic nitrogens is 4. The number of aryl methyl sites for hydroxylation is 1. The van der Waals surface area contributed by atoms with Gasteiger partial charge in [0, 0.05) is 23.7 Å². The summed E-state index contributed by atoms with van der Waals surface area (Å²) in [7, 11) is 1.58. The van der Waals surface area contributed by atoms with Gasteiger partial charge in [0.15, 0.2) is 5.82 Å². The average molecular weight is 453 g/mol. The van der Waals surface area contributed by atoms with Crippen LogP contribution in [0.25, 0.3) is 11.4 Å². The fourth-order valence-corrected chi connectivity index (χ4v) is 4.14. The molecule has 4 aromatic rings. The number of amides is 1. The number of hydrogen-bond donors (Lipinski definition) is 2. The van der Waals surface area contributed by atoms with Crippen LogP contribution in [-0.4, -0.2) is 32.8 Å². The molecule has 0 saturated heterocycles. The average Bonchev–Trinajstić information content (AvgIpc) is 3.27. The Kier molecular flexibility index (Phi) is 5.55. The van der Waals surface area contributed by atoms with E-state index < -0.39 is 6.04 Å². The van der Waals surface area contributed by atoms with Crippen molar-refractivity contribution >= 4 is 17.5 Å². The zero-order chi connectivity index (χ0) is 23.7. The monoisotopic (exact) mass is 452 g/mol. The third-order valence-corrected chi connectivity index (χ3v) is 5.75. The molecule has 1 aliphatic heterocycles. The van der Waals surface area contributed by atoms with E-state index in [9.17, 15) is 4.79 Å². The highest BCUT2D eigenvalue weighted by Gasteiger charge is 2.34. The molecule has 2 aromatic heterocycles. The molecule has 1 aliphatic rings. The van der Waals surface area contributed by atoms with Crippen LogP contribution < -0.4 is 15.4 Å². The van der Waals surface area contributed by atoms with Crippen molar-refractivity contribution in [2.24, 2.45) is 0 Å². The summed E-state index contributed by atoms with van der Waals surface area (Å²) in [6, 6.07) is 18.6. The molecule has 0 saturated carbocycles. The number of nitrogens with one attached hydrogen (secondary N) is 2. The van der Waals surface area contributed by atoms with Gasteiger partial charge in [-0.1, -0.05) is 35.9 Å². The van der Waals surface area contributed by atoms with Gasteiger partial charge in [-0.25, -0.2) is 4.68 Å². The summed E-state index contributed by atoms with van der Waals surface area (Å²) in [6.07, 6.45) is 3.42. The Hall–Kier alpha value is -4.46. The molecule has 2 aromatic carbocycles. The van der Waals surface area contributed by atoms with Crippen LogP contribution in [0.4, 0.5) is 11.6 Å². The first-order valence-corrected chi connectivity index (χ1v) is 10.9. The van der Waals surface area contributed by atoms with Gasteiger partial charge in [-0.3, -0.25) is 9.78 Å². The maximum Gasteiger partial charge on any atom is 0.255 e.